The van der Waals surface area contributed by atoms with Crippen molar-refractivity contribution in [3.8, 4) is 23.0 Å². The van der Waals surface area contributed by atoms with Gasteiger partial charge in [-0.25, -0.2) is 0 Å². The third-order valence-electron chi connectivity index (χ3n) is 10.1. The van der Waals surface area contributed by atoms with Crippen molar-refractivity contribution in [2.45, 2.75) is 97.3 Å². The van der Waals surface area contributed by atoms with E-state index >= 15 is 0 Å². The Hall–Kier alpha value is -0.600. The Balaban J connectivity index is 1.60. The molecule has 4 nitrogen and oxygen atoms in total. The van der Waals surface area contributed by atoms with Crippen molar-refractivity contribution in [1.29, 1.82) is 0 Å². The molecular formula is C43H56O4S8. The molecule has 0 bridgehead atoms. The molecule has 12 heteroatoms. The van der Waals surface area contributed by atoms with Gasteiger partial charge in [0.25, 0.3) is 0 Å². The van der Waals surface area contributed by atoms with E-state index in [4.69, 9.17) is 18.9 Å². The van der Waals surface area contributed by atoms with E-state index in [1.54, 1.807) is 0 Å². The number of rotatable bonds is 20. The first-order valence-corrected chi connectivity index (χ1v) is 27.8. The topological polar surface area (TPSA) is 36.9 Å². The first-order chi connectivity index (χ1) is 26.9. The molecule has 300 valence electrons. The van der Waals surface area contributed by atoms with Gasteiger partial charge in [-0.2, -0.15) is 0 Å². The summed E-state index contributed by atoms with van der Waals surface area (Å²) < 4.78 is 34.9. The summed E-state index contributed by atoms with van der Waals surface area (Å²) in [5.74, 6) is 3.48. The molecule has 1 spiro atoms. The average Bonchev–Trinajstić information content (AvgIpc) is 3.97. The lowest BCUT2D eigenvalue weighted by Gasteiger charge is -2.28. The Bertz CT molecular complexity index is 1660. The molecule has 0 unspecified atom stereocenters. The standard InChI is InChI=1S/C43H56O4S8/c1-9-13-17-44-33-21-27-29(37-52-39(48-5)40(49-6)53-37)25-43(31(27)23-35(33)46-19-15-11-3)26-30(38-54-41(50-7)42(51-8)55-38)28-22-34(45-18-14-10-2)36(24-32(28)43)47-20-16-12-4/h21-24H,9-20,25-26H2,1-8H3. The molecule has 2 heterocycles. The molecule has 55 heavy (non-hydrogen) atoms. The highest BCUT2D eigenvalue weighted by Crippen LogP contribution is 2.69. The minimum Gasteiger partial charge on any atom is -0.490 e. The van der Waals surface area contributed by atoms with Gasteiger partial charge in [-0.15, -0.1) is 47.0 Å². The summed E-state index contributed by atoms with van der Waals surface area (Å²) in [6.07, 6.45) is 19.0. The zero-order valence-corrected chi connectivity index (χ0v) is 40.1. The Morgan fingerprint density at radius 3 is 1.04 bits per heavy atom. The number of ether oxygens (including phenoxy) is 4. The summed E-state index contributed by atoms with van der Waals surface area (Å²) in [5, 5.41) is 0. The van der Waals surface area contributed by atoms with Gasteiger partial charge in [0.15, 0.2) is 23.0 Å². The molecule has 0 radical (unpaired) electrons. The van der Waals surface area contributed by atoms with E-state index in [2.05, 4.69) is 77.0 Å². The van der Waals surface area contributed by atoms with Crippen LogP contribution in [0.4, 0.5) is 0 Å². The van der Waals surface area contributed by atoms with Crippen LogP contribution in [0.3, 0.4) is 0 Å². The van der Waals surface area contributed by atoms with Crippen LogP contribution in [0.15, 0.2) is 49.7 Å². The Kier molecular flexibility index (Phi) is 16.9. The number of hydrogen-bond donors (Lipinski definition) is 0. The maximum atomic E-state index is 6.66. The predicted octanol–water partition coefficient (Wildman–Crippen LogP) is 15.5. The highest BCUT2D eigenvalue weighted by atomic mass is 32.3. The van der Waals surface area contributed by atoms with Crippen molar-refractivity contribution in [2.75, 3.05) is 51.5 Å². The van der Waals surface area contributed by atoms with Crippen molar-refractivity contribution >= 4 is 105 Å². The molecular weight excluding hydrogens is 837 g/mol. The minimum atomic E-state index is -0.295. The van der Waals surface area contributed by atoms with Gasteiger partial charge in [-0.05, 0) is 121 Å². The number of unbranched alkanes of at least 4 members (excludes halogenated alkanes) is 4. The van der Waals surface area contributed by atoms with E-state index in [0.717, 1.165) is 87.2 Å². The maximum Gasteiger partial charge on any atom is 0.161 e. The second kappa shape index (κ2) is 21.1. The van der Waals surface area contributed by atoms with E-state index in [9.17, 15) is 0 Å². The molecule has 2 aromatic carbocycles. The summed E-state index contributed by atoms with van der Waals surface area (Å²) >= 11 is 15.3. The Morgan fingerprint density at radius 1 is 0.473 bits per heavy atom. The summed E-state index contributed by atoms with van der Waals surface area (Å²) in [4.78, 5) is 0. The van der Waals surface area contributed by atoms with E-state index in [0.29, 0.717) is 26.4 Å². The monoisotopic (exact) mass is 892 g/mol. The fourth-order valence-corrected chi connectivity index (χ4v) is 17.4. The summed E-state index contributed by atoms with van der Waals surface area (Å²) in [5.41, 5.74) is 7.86. The number of fused-ring (bicyclic) bond motifs is 4. The average molecular weight is 893 g/mol. The first kappa shape index (κ1) is 44.0. The molecule has 0 atom stereocenters. The SMILES string of the molecule is CCCCOc1cc2c(cc1OCCCC)C1(CC2=C2SC(SC)=C(SC)S2)CC(=C2SC(SC)=C(SC)S2)c2cc(OCCCC)c(OCCCC)cc21. The number of benzene rings is 2. The molecule has 0 fully saturated rings. The fourth-order valence-electron chi connectivity index (χ4n) is 7.21. The van der Waals surface area contributed by atoms with Crippen LogP contribution in [0.25, 0.3) is 11.1 Å². The Morgan fingerprint density at radius 2 is 0.764 bits per heavy atom. The minimum absolute atomic E-state index is 0.295. The lowest BCUT2D eigenvalue weighted by molar-refractivity contribution is 0.261. The quantitative estimate of drug-likeness (QED) is 0.119. The number of allylic oxidation sites excluding steroid dienone is 2. The largest absolute Gasteiger partial charge is 0.490 e. The van der Waals surface area contributed by atoms with Crippen LogP contribution >= 0.6 is 94.1 Å². The maximum absolute atomic E-state index is 6.66. The van der Waals surface area contributed by atoms with Crippen LogP contribution in [-0.4, -0.2) is 51.5 Å². The highest BCUT2D eigenvalue weighted by molar-refractivity contribution is 8.41. The van der Waals surface area contributed by atoms with Crippen molar-refractivity contribution in [1.82, 2.24) is 0 Å². The zero-order valence-electron chi connectivity index (χ0n) is 33.6. The second-order valence-corrected chi connectivity index (χ2v) is 22.7. The molecule has 0 aromatic heterocycles. The Labute approximate surface area is 364 Å². The predicted molar refractivity (Wildman–Crippen MR) is 257 cm³/mol. The van der Waals surface area contributed by atoms with Crippen LogP contribution in [-0.2, 0) is 5.41 Å². The van der Waals surface area contributed by atoms with Crippen LogP contribution in [0, 0.1) is 0 Å². The third kappa shape index (κ3) is 9.57. The summed E-state index contributed by atoms with van der Waals surface area (Å²) in [7, 11) is 0. The normalized spacial score (nSPS) is 17.3. The molecule has 0 saturated carbocycles. The van der Waals surface area contributed by atoms with E-state index < -0.39 is 0 Å². The molecule has 0 amide bonds. The zero-order chi connectivity index (χ0) is 39.0. The molecule has 0 saturated heterocycles. The van der Waals surface area contributed by atoms with Gasteiger partial charge in [0.05, 0.1) is 51.9 Å². The molecule has 6 rings (SSSR count). The van der Waals surface area contributed by atoms with Crippen molar-refractivity contribution in [2.24, 2.45) is 0 Å². The molecule has 0 N–H and O–H groups in total. The van der Waals surface area contributed by atoms with Gasteiger partial charge < -0.3 is 18.9 Å². The fraction of sp³-hybridized carbons (Fsp3) is 0.535. The van der Waals surface area contributed by atoms with Crippen LogP contribution in [0.1, 0.15) is 114 Å². The van der Waals surface area contributed by atoms with E-state index in [-0.39, 0.29) is 5.41 Å². The van der Waals surface area contributed by atoms with E-state index in [1.807, 2.05) is 94.1 Å². The van der Waals surface area contributed by atoms with Gasteiger partial charge in [0.2, 0.25) is 0 Å². The van der Waals surface area contributed by atoms with Crippen LogP contribution < -0.4 is 18.9 Å². The second-order valence-electron chi connectivity index (χ2n) is 13.8. The lowest BCUT2D eigenvalue weighted by atomic mass is 9.76. The van der Waals surface area contributed by atoms with Crippen LogP contribution in [0.5, 0.6) is 23.0 Å². The number of thioether (sulfide) groups is 8. The van der Waals surface area contributed by atoms with Crippen molar-refractivity contribution < 1.29 is 18.9 Å². The first-order valence-electron chi connectivity index (χ1n) is 19.6. The molecule has 2 aliphatic carbocycles. The summed E-state index contributed by atoms with van der Waals surface area (Å²) in [6.45, 7) is 11.6. The molecule has 2 aromatic rings. The smallest absolute Gasteiger partial charge is 0.161 e. The van der Waals surface area contributed by atoms with Gasteiger partial charge >= 0.3 is 0 Å². The molecule has 2 aliphatic heterocycles. The highest BCUT2D eigenvalue weighted by Gasteiger charge is 2.52. The molecule has 4 aliphatic rings. The van der Waals surface area contributed by atoms with Gasteiger partial charge in [-0.3, -0.25) is 0 Å². The van der Waals surface area contributed by atoms with E-state index in [1.165, 1.54) is 58.8 Å². The van der Waals surface area contributed by atoms with Gasteiger partial charge in [0.1, 0.15) is 0 Å². The van der Waals surface area contributed by atoms with Gasteiger partial charge in [0, 0.05) is 5.41 Å². The third-order valence-corrected chi connectivity index (χ3v) is 20.8. The summed E-state index contributed by atoms with van der Waals surface area (Å²) in [6, 6.07) is 9.42. The number of hydrogen-bond acceptors (Lipinski definition) is 12. The lowest BCUT2D eigenvalue weighted by Crippen LogP contribution is -2.21. The van der Waals surface area contributed by atoms with Crippen molar-refractivity contribution in [3.63, 3.8) is 0 Å². The van der Waals surface area contributed by atoms with Crippen molar-refractivity contribution in [3.05, 3.63) is 71.9 Å². The van der Waals surface area contributed by atoms with Gasteiger partial charge in [-0.1, -0.05) is 100 Å². The van der Waals surface area contributed by atoms with Crippen LogP contribution in [0.2, 0.25) is 0 Å².